The van der Waals surface area contributed by atoms with Crippen molar-refractivity contribution in [1.29, 1.82) is 5.41 Å². The highest BCUT2D eigenvalue weighted by Gasteiger charge is 2.34. The van der Waals surface area contributed by atoms with Crippen molar-refractivity contribution in [2.75, 3.05) is 13.1 Å². The first-order valence-electron chi connectivity index (χ1n) is 9.94. The lowest BCUT2D eigenvalue weighted by Gasteiger charge is -2.24. The van der Waals surface area contributed by atoms with Crippen LogP contribution in [0, 0.1) is 5.41 Å². The van der Waals surface area contributed by atoms with Gasteiger partial charge in [-0.1, -0.05) is 48.0 Å². The zero-order valence-electron chi connectivity index (χ0n) is 17.2. The zero-order chi connectivity index (χ0) is 23.3. The number of hydrogen-bond acceptors (Lipinski definition) is 5. The highest BCUT2D eigenvalue weighted by molar-refractivity contribution is 7.89. The highest BCUT2D eigenvalue weighted by atomic mass is 35.5. The van der Waals surface area contributed by atoms with E-state index in [-0.39, 0.29) is 28.2 Å². The van der Waals surface area contributed by atoms with Gasteiger partial charge in [-0.05, 0) is 30.5 Å². The third-order valence-corrected chi connectivity index (χ3v) is 7.05. The van der Waals surface area contributed by atoms with Gasteiger partial charge in [-0.15, -0.1) is 0 Å². The Labute approximate surface area is 191 Å². The maximum absolute atomic E-state index is 12.7. The molecule has 0 aliphatic carbocycles. The van der Waals surface area contributed by atoms with Crippen LogP contribution in [0.4, 0.5) is 0 Å². The summed E-state index contributed by atoms with van der Waals surface area (Å²) in [5, 5.41) is 10.3. The molecular weight excluding hydrogens is 454 g/mol. The summed E-state index contributed by atoms with van der Waals surface area (Å²) >= 11 is 5.94. The molecule has 2 aromatic rings. The molecule has 0 radical (unpaired) electrons. The van der Waals surface area contributed by atoms with Crippen LogP contribution in [-0.2, 0) is 26.2 Å². The number of nitrogens with zero attached hydrogens (tertiary/aromatic N) is 1. The molecule has 5 N–H and O–H groups in total. The van der Waals surface area contributed by atoms with Gasteiger partial charge in [-0.25, -0.2) is 13.1 Å². The fourth-order valence-corrected chi connectivity index (χ4v) is 4.94. The van der Waals surface area contributed by atoms with Gasteiger partial charge in [0.25, 0.3) is 0 Å². The van der Waals surface area contributed by atoms with E-state index in [0.717, 1.165) is 5.56 Å². The summed E-state index contributed by atoms with van der Waals surface area (Å²) in [5.41, 5.74) is 6.85. The van der Waals surface area contributed by atoms with Crippen LogP contribution in [-0.4, -0.2) is 50.1 Å². The summed E-state index contributed by atoms with van der Waals surface area (Å²) in [5.74, 6) is -0.824. The number of carbonyl (C=O) groups is 2. The summed E-state index contributed by atoms with van der Waals surface area (Å²) < 4.78 is 27.2. The normalized spacial score (nSPS) is 16.0. The minimum atomic E-state index is -3.96. The van der Waals surface area contributed by atoms with Gasteiger partial charge in [0.15, 0.2) is 0 Å². The Balaban J connectivity index is 1.57. The lowest BCUT2D eigenvalue weighted by Crippen LogP contribution is -2.48. The number of halogens is 1. The number of hydrogen-bond donors (Lipinski definition) is 4. The molecule has 1 heterocycles. The Morgan fingerprint density at radius 3 is 2.50 bits per heavy atom. The standard InChI is InChI=1S/C21H24ClN5O4S/c22-16-4-1-2-6-18(16)32(30,31)26-13-19(28)27-11-3-5-17(27)21(29)25-12-14-7-9-15(10-8-14)20(23)24/h1-2,4,6-10,17,26H,3,5,11-13H2,(H3,23,24)(H,25,29)/t17-/m0/s1. The Kier molecular flexibility index (Phi) is 7.49. The summed E-state index contributed by atoms with van der Waals surface area (Å²) in [4.78, 5) is 26.6. The molecule has 32 heavy (non-hydrogen) atoms. The van der Waals surface area contributed by atoms with Gasteiger partial charge >= 0.3 is 0 Å². The molecule has 0 bridgehead atoms. The van der Waals surface area contributed by atoms with Crippen molar-refractivity contribution in [3.8, 4) is 0 Å². The predicted octanol–water partition coefficient (Wildman–Crippen LogP) is 1.21. The SMILES string of the molecule is N=C(N)c1ccc(CNC(=O)[C@@H]2CCCN2C(=O)CNS(=O)(=O)c2ccccc2Cl)cc1. The number of nitrogens with two attached hydrogens (primary N) is 1. The molecule has 170 valence electrons. The van der Waals surface area contributed by atoms with E-state index in [1.54, 1.807) is 30.3 Å². The van der Waals surface area contributed by atoms with E-state index < -0.39 is 28.5 Å². The van der Waals surface area contributed by atoms with Crippen molar-refractivity contribution in [1.82, 2.24) is 14.9 Å². The molecule has 0 aromatic heterocycles. The van der Waals surface area contributed by atoms with Crippen molar-refractivity contribution in [3.05, 3.63) is 64.7 Å². The Morgan fingerprint density at radius 2 is 1.84 bits per heavy atom. The van der Waals surface area contributed by atoms with Crippen LogP contribution in [0.3, 0.4) is 0 Å². The fraction of sp³-hybridized carbons (Fsp3) is 0.286. The van der Waals surface area contributed by atoms with Gasteiger partial charge in [-0.2, -0.15) is 0 Å². The Bertz CT molecular complexity index is 1120. The Hall–Kier alpha value is -2.95. The smallest absolute Gasteiger partial charge is 0.243 e. The molecule has 1 aliphatic heterocycles. The van der Waals surface area contributed by atoms with Gasteiger partial charge in [0, 0.05) is 18.7 Å². The van der Waals surface area contributed by atoms with Crippen molar-refractivity contribution in [3.63, 3.8) is 0 Å². The van der Waals surface area contributed by atoms with Crippen LogP contribution in [0.2, 0.25) is 5.02 Å². The number of amides is 2. The van der Waals surface area contributed by atoms with E-state index >= 15 is 0 Å². The number of sulfonamides is 1. The molecule has 9 nitrogen and oxygen atoms in total. The third kappa shape index (κ3) is 5.64. The molecule has 0 unspecified atom stereocenters. The van der Waals surface area contributed by atoms with Gasteiger partial charge < -0.3 is 16.0 Å². The summed E-state index contributed by atoms with van der Waals surface area (Å²) in [7, 11) is -3.96. The van der Waals surface area contributed by atoms with Crippen LogP contribution in [0.25, 0.3) is 0 Å². The fourth-order valence-electron chi connectivity index (χ4n) is 3.45. The molecule has 2 aromatic carbocycles. The molecule has 0 saturated carbocycles. The van der Waals surface area contributed by atoms with Crippen LogP contribution >= 0.6 is 11.6 Å². The van der Waals surface area contributed by atoms with E-state index in [1.807, 2.05) is 0 Å². The second-order valence-corrected chi connectivity index (χ2v) is 9.47. The minimum absolute atomic E-state index is 0.0362. The van der Waals surface area contributed by atoms with Gasteiger partial charge in [0.2, 0.25) is 21.8 Å². The lowest BCUT2D eigenvalue weighted by atomic mass is 10.1. The predicted molar refractivity (Wildman–Crippen MR) is 121 cm³/mol. The highest BCUT2D eigenvalue weighted by Crippen LogP contribution is 2.21. The first-order chi connectivity index (χ1) is 15.2. The summed E-state index contributed by atoms with van der Waals surface area (Å²) in [6.07, 6.45) is 1.15. The first-order valence-corrected chi connectivity index (χ1v) is 11.8. The molecule has 1 fully saturated rings. The topological polar surface area (TPSA) is 145 Å². The zero-order valence-corrected chi connectivity index (χ0v) is 18.7. The number of rotatable bonds is 8. The van der Waals surface area contributed by atoms with Crippen molar-refractivity contribution in [2.45, 2.75) is 30.3 Å². The molecule has 3 rings (SSSR count). The number of carbonyl (C=O) groups excluding carboxylic acids is 2. The van der Waals surface area contributed by atoms with E-state index in [0.29, 0.717) is 24.9 Å². The maximum atomic E-state index is 12.7. The molecular formula is C21H24ClN5O4S. The van der Waals surface area contributed by atoms with Crippen LogP contribution in [0.1, 0.15) is 24.0 Å². The number of nitrogens with one attached hydrogen (secondary N) is 3. The average molecular weight is 478 g/mol. The number of benzene rings is 2. The lowest BCUT2D eigenvalue weighted by molar-refractivity contribution is -0.137. The van der Waals surface area contributed by atoms with Crippen molar-refractivity contribution >= 4 is 39.3 Å². The van der Waals surface area contributed by atoms with Gasteiger partial charge in [0.05, 0.1) is 11.6 Å². The quantitative estimate of drug-likeness (QED) is 0.333. The van der Waals surface area contributed by atoms with Crippen LogP contribution < -0.4 is 15.8 Å². The van der Waals surface area contributed by atoms with Crippen LogP contribution in [0.5, 0.6) is 0 Å². The molecule has 2 amide bonds. The number of nitrogen functional groups attached to an aromatic ring is 1. The minimum Gasteiger partial charge on any atom is -0.384 e. The average Bonchev–Trinajstić information content (AvgIpc) is 3.26. The van der Waals surface area contributed by atoms with Crippen LogP contribution in [0.15, 0.2) is 53.4 Å². The second-order valence-electron chi connectivity index (χ2n) is 7.33. The molecule has 11 heteroatoms. The number of likely N-dealkylation sites (tertiary alicyclic amines) is 1. The molecule has 1 saturated heterocycles. The van der Waals surface area contributed by atoms with Crippen molar-refractivity contribution in [2.24, 2.45) is 5.73 Å². The van der Waals surface area contributed by atoms with Gasteiger partial charge in [0.1, 0.15) is 16.8 Å². The monoisotopic (exact) mass is 477 g/mol. The molecule has 1 atom stereocenters. The van der Waals surface area contributed by atoms with Crippen molar-refractivity contribution < 1.29 is 18.0 Å². The summed E-state index contributed by atoms with van der Waals surface area (Å²) in [6, 6.07) is 12.2. The third-order valence-electron chi connectivity index (χ3n) is 5.15. The first kappa shape index (κ1) is 23.7. The van der Waals surface area contributed by atoms with E-state index in [2.05, 4.69) is 10.0 Å². The molecule has 0 spiro atoms. The number of amidine groups is 1. The van der Waals surface area contributed by atoms with E-state index in [1.165, 1.54) is 23.1 Å². The largest absolute Gasteiger partial charge is 0.384 e. The maximum Gasteiger partial charge on any atom is 0.243 e. The second kappa shape index (κ2) is 10.1. The van der Waals surface area contributed by atoms with E-state index in [9.17, 15) is 18.0 Å². The molecule has 1 aliphatic rings. The van der Waals surface area contributed by atoms with Gasteiger partial charge in [-0.3, -0.25) is 15.0 Å². The Morgan fingerprint density at radius 1 is 1.16 bits per heavy atom. The summed E-state index contributed by atoms with van der Waals surface area (Å²) in [6.45, 7) is 0.163. The van der Waals surface area contributed by atoms with E-state index in [4.69, 9.17) is 22.7 Å².